The molecule has 0 radical (unpaired) electrons. The summed E-state index contributed by atoms with van der Waals surface area (Å²) in [5.41, 5.74) is 0.929. The van der Waals surface area contributed by atoms with Crippen molar-refractivity contribution in [3.8, 4) is 5.75 Å². The Morgan fingerprint density at radius 3 is 2.75 bits per heavy atom. The van der Waals surface area contributed by atoms with E-state index in [1.54, 1.807) is 17.4 Å². The Hall–Kier alpha value is -0.840. The molecule has 0 amide bonds. The van der Waals surface area contributed by atoms with Crippen LogP contribution in [0.3, 0.4) is 0 Å². The molecule has 1 aromatic heterocycles. The molecule has 2 aromatic rings. The smallest absolute Gasteiger partial charge is 0.120 e. The summed E-state index contributed by atoms with van der Waals surface area (Å²) in [4.78, 5) is 1.28. The monoisotopic (exact) mass is 297 g/mol. The fourth-order valence-corrected chi connectivity index (χ4v) is 2.85. The van der Waals surface area contributed by atoms with Gasteiger partial charge in [-0.3, -0.25) is 0 Å². The van der Waals surface area contributed by atoms with Crippen LogP contribution < -0.4 is 5.32 Å². The predicted octanol–water partition coefficient (Wildman–Crippen LogP) is 3.51. The van der Waals surface area contributed by atoms with Crippen molar-refractivity contribution in [3.63, 3.8) is 0 Å². The Balaban J connectivity index is 1.87. The van der Waals surface area contributed by atoms with E-state index in [0.717, 1.165) is 16.6 Å². The summed E-state index contributed by atoms with van der Waals surface area (Å²) in [6, 6.07) is 9.49. The van der Waals surface area contributed by atoms with Crippen LogP contribution in [0.1, 0.15) is 10.4 Å². The molecule has 1 heterocycles. The molecule has 0 saturated heterocycles. The number of halogens is 1. The first-order chi connectivity index (χ1) is 7.75. The number of phenolic OH excluding ortho intramolecular Hbond substituents is 1. The van der Waals surface area contributed by atoms with Crippen LogP contribution in [-0.2, 0) is 13.1 Å². The van der Waals surface area contributed by atoms with E-state index >= 15 is 0 Å². The lowest BCUT2D eigenvalue weighted by Gasteiger charge is -2.05. The van der Waals surface area contributed by atoms with E-state index in [9.17, 15) is 5.11 Å². The molecule has 0 saturated carbocycles. The van der Waals surface area contributed by atoms with Crippen LogP contribution >= 0.6 is 27.3 Å². The Bertz CT molecular complexity index is 470. The van der Waals surface area contributed by atoms with E-state index in [1.807, 2.05) is 18.2 Å². The lowest BCUT2D eigenvalue weighted by atomic mass is 10.2. The topological polar surface area (TPSA) is 32.3 Å². The standard InChI is InChI=1S/C12H12BrNOS/c13-10-5-11(16-8-10)7-14-6-9-3-1-2-4-12(9)15/h1-5,8,14-15H,6-7H2. The van der Waals surface area contributed by atoms with E-state index in [4.69, 9.17) is 0 Å². The van der Waals surface area contributed by atoms with Crippen LogP contribution in [0.5, 0.6) is 5.75 Å². The van der Waals surface area contributed by atoms with E-state index in [2.05, 4.69) is 32.7 Å². The second kappa shape index (κ2) is 5.48. The molecule has 1 aromatic carbocycles. The van der Waals surface area contributed by atoms with Gasteiger partial charge in [0.05, 0.1) is 0 Å². The van der Waals surface area contributed by atoms with E-state index in [-0.39, 0.29) is 0 Å². The summed E-state index contributed by atoms with van der Waals surface area (Å²) < 4.78 is 1.12. The van der Waals surface area contributed by atoms with Crippen molar-refractivity contribution in [2.45, 2.75) is 13.1 Å². The molecule has 2 rings (SSSR count). The van der Waals surface area contributed by atoms with Gasteiger partial charge in [0.1, 0.15) is 5.75 Å². The third kappa shape index (κ3) is 3.07. The number of aromatic hydroxyl groups is 1. The van der Waals surface area contributed by atoms with Gasteiger partial charge in [0.2, 0.25) is 0 Å². The van der Waals surface area contributed by atoms with Gasteiger partial charge in [-0.15, -0.1) is 11.3 Å². The number of rotatable bonds is 4. The number of nitrogens with one attached hydrogen (secondary N) is 1. The fraction of sp³-hybridized carbons (Fsp3) is 0.167. The maximum Gasteiger partial charge on any atom is 0.120 e. The van der Waals surface area contributed by atoms with Gasteiger partial charge in [0.15, 0.2) is 0 Å². The summed E-state index contributed by atoms with van der Waals surface area (Å²) in [6.07, 6.45) is 0. The van der Waals surface area contributed by atoms with E-state index in [0.29, 0.717) is 12.3 Å². The summed E-state index contributed by atoms with van der Waals surface area (Å²) >= 11 is 5.14. The van der Waals surface area contributed by atoms with Crippen molar-refractivity contribution in [3.05, 3.63) is 50.6 Å². The Morgan fingerprint density at radius 2 is 2.06 bits per heavy atom. The van der Waals surface area contributed by atoms with Gasteiger partial charge in [-0.1, -0.05) is 18.2 Å². The van der Waals surface area contributed by atoms with Gasteiger partial charge in [0, 0.05) is 33.4 Å². The Kier molecular flexibility index (Phi) is 3.98. The highest BCUT2D eigenvalue weighted by atomic mass is 79.9. The van der Waals surface area contributed by atoms with Crippen LogP contribution in [0, 0.1) is 0 Å². The first-order valence-electron chi connectivity index (χ1n) is 4.96. The average Bonchev–Trinajstić information content (AvgIpc) is 2.67. The second-order valence-electron chi connectivity index (χ2n) is 3.46. The summed E-state index contributed by atoms with van der Waals surface area (Å²) in [5.74, 6) is 0.349. The first kappa shape index (κ1) is 11.6. The largest absolute Gasteiger partial charge is 0.508 e. The van der Waals surface area contributed by atoms with Crippen molar-refractivity contribution < 1.29 is 5.11 Å². The first-order valence-corrected chi connectivity index (χ1v) is 6.63. The molecule has 0 unspecified atom stereocenters. The lowest BCUT2D eigenvalue weighted by molar-refractivity contribution is 0.464. The van der Waals surface area contributed by atoms with Crippen LogP contribution in [0.15, 0.2) is 40.2 Å². The van der Waals surface area contributed by atoms with Gasteiger partial charge < -0.3 is 10.4 Å². The van der Waals surface area contributed by atoms with Crippen LogP contribution in [0.2, 0.25) is 0 Å². The zero-order valence-corrected chi connectivity index (χ0v) is 11.0. The molecule has 84 valence electrons. The number of hydrogen-bond acceptors (Lipinski definition) is 3. The molecule has 2 N–H and O–H groups in total. The predicted molar refractivity (Wildman–Crippen MR) is 70.7 cm³/mol. The number of para-hydroxylation sites is 1. The number of thiophene rings is 1. The molecule has 0 fully saturated rings. The van der Waals surface area contributed by atoms with E-state index < -0.39 is 0 Å². The summed E-state index contributed by atoms with van der Waals surface area (Å²) in [7, 11) is 0. The van der Waals surface area contributed by atoms with Gasteiger partial charge >= 0.3 is 0 Å². The maximum atomic E-state index is 9.57. The molecule has 4 heteroatoms. The SMILES string of the molecule is Oc1ccccc1CNCc1cc(Br)cs1. The Morgan fingerprint density at radius 1 is 1.25 bits per heavy atom. The van der Waals surface area contributed by atoms with Gasteiger partial charge in [-0.05, 0) is 28.1 Å². The maximum absolute atomic E-state index is 9.57. The van der Waals surface area contributed by atoms with Crippen molar-refractivity contribution >= 4 is 27.3 Å². The Labute approximate surface area is 107 Å². The summed E-state index contributed by atoms with van der Waals surface area (Å²) in [5, 5.41) is 14.9. The molecule has 0 aliphatic heterocycles. The van der Waals surface area contributed by atoms with Crippen molar-refractivity contribution in [2.24, 2.45) is 0 Å². The number of hydrogen-bond donors (Lipinski definition) is 2. The fourth-order valence-electron chi connectivity index (χ4n) is 1.43. The highest BCUT2D eigenvalue weighted by Crippen LogP contribution is 2.20. The molecule has 0 aliphatic rings. The van der Waals surface area contributed by atoms with E-state index in [1.165, 1.54) is 4.88 Å². The molecular weight excluding hydrogens is 286 g/mol. The highest BCUT2D eigenvalue weighted by Gasteiger charge is 2.00. The van der Waals surface area contributed by atoms with Crippen LogP contribution in [0.25, 0.3) is 0 Å². The zero-order chi connectivity index (χ0) is 11.4. The minimum atomic E-state index is 0.349. The summed E-state index contributed by atoms with van der Waals surface area (Å²) in [6.45, 7) is 1.51. The molecule has 0 bridgehead atoms. The molecule has 16 heavy (non-hydrogen) atoms. The minimum Gasteiger partial charge on any atom is -0.508 e. The number of phenols is 1. The molecule has 0 spiro atoms. The molecule has 2 nitrogen and oxygen atoms in total. The number of benzene rings is 1. The highest BCUT2D eigenvalue weighted by molar-refractivity contribution is 9.10. The van der Waals surface area contributed by atoms with Crippen LogP contribution in [-0.4, -0.2) is 5.11 Å². The van der Waals surface area contributed by atoms with Crippen molar-refractivity contribution in [2.75, 3.05) is 0 Å². The molecule has 0 aliphatic carbocycles. The van der Waals surface area contributed by atoms with Crippen molar-refractivity contribution in [1.29, 1.82) is 0 Å². The third-order valence-electron chi connectivity index (χ3n) is 2.23. The van der Waals surface area contributed by atoms with Gasteiger partial charge in [-0.2, -0.15) is 0 Å². The molecular formula is C12H12BrNOS. The third-order valence-corrected chi connectivity index (χ3v) is 3.93. The van der Waals surface area contributed by atoms with Crippen molar-refractivity contribution in [1.82, 2.24) is 5.32 Å². The average molecular weight is 298 g/mol. The minimum absolute atomic E-state index is 0.349. The quantitative estimate of drug-likeness (QED) is 0.905. The van der Waals surface area contributed by atoms with Gasteiger partial charge in [-0.25, -0.2) is 0 Å². The normalized spacial score (nSPS) is 10.6. The van der Waals surface area contributed by atoms with Crippen LogP contribution in [0.4, 0.5) is 0 Å². The zero-order valence-electron chi connectivity index (χ0n) is 8.61. The van der Waals surface area contributed by atoms with Gasteiger partial charge in [0.25, 0.3) is 0 Å². The molecule has 0 atom stereocenters. The lowest BCUT2D eigenvalue weighted by Crippen LogP contribution is -2.11. The second-order valence-corrected chi connectivity index (χ2v) is 5.37.